The van der Waals surface area contributed by atoms with E-state index in [1.165, 1.54) is 0 Å². The molecular weight excluding hydrogens is 188 g/mol. The van der Waals surface area contributed by atoms with Gasteiger partial charge >= 0.3 is 0 Å². The molecule has 0 bridgehead atoms. The minimum absolute atomic E-state index is 0.432. The van der Waals surface area contributed by atoms with E-state index in [-0.39, 0.29) is 0 Å². The van der Waals surface area contributed by atoms with Crippen LogP contribution in [-0.2, 0) is 6.54 Å². The minimum Gasteiger partial charge on any atom is -0.358 e. The van der Waals surface area contributed by atoms with E-state index in [9.17, 15) is 0 Å². The Hall–Kier alpha value is -1.42. The second-order valence-corrected chi connectivity index (χ2v) is 3.43. The van der Waals surface area contributed by atoms with Gasteiger partial charge in [-0.2, -0.15) is 0 Å². The maximum atomic E-state index is 5.51. The lowest BCUT2D eigenvalue weighted by Gasteiger charge is -2.17. The Morgan fingerprint density at radius 1 is 1.53 bits per heavy atom. The van der Waals surface area contributed by atoms with Crippen LogP contribution in [0.15, 0.2) is 25.0 Å². The number of aromatic nitrogens is 2. The predicted octanol–water partition coefficient (Wildman–Crippen LogP) is 1.34. The Kier molecular flexibility index (Phi) is 4.77. The molecule has 15 heavy (non-hydrogen) atoms. The van der Waals surface area contributed by atoms with Crippen molar-refractivity contribution in [2.75, 3.05) is 18.5 Å². The molecule has 0 unspecified atom stereocenters. The van der Waals surface area contributed by atoms with E-state index < -0.39 is 0 Å². The van der Waals surface area contributed by atoms with E-state index in [1.54, 1.807) is 12.4 Å². The molecule has 4 nitrogen and oxygen atoms in total. The van der Waals surface area contributed by atoms with Crippen LogP contribution in [-0.4, -0.2) is 23.6 Å². The van der Waals surface area contributed by atoms with Crippen LogP contribution in [0.1, 0.15) is 18.5 Å². The van der Waals surface area contributed by atoms with E-state index >= 15 is 0 Å². The number of hydrogen-bond acceptors (Lipinski definition) is 4. The van der Waals surface area contributed by atoms with Crippen molar-refractivity contribution in [3.8, 4) is 0 Å². The number of nitrogens with two attached hydrogens (primary N) is 1. The Labute approximate surface area is 90.8 Å². The molecule has 1 rings (SSSR count). The number of hydrogen-bond donors (Lipinski definition) is 1. The SMILES string of the molecule is C=CCCCN(C)c1cncc(CN)n1. The van der Waals surface area contributed by atoms with Crippen LogP contribution < -0.4 is 10.6 Å². The average Bonchev–Trinajstić information content (AvgIpc) is 2.29. The molecule has 1 aromatic heterocycles. The molecule has 0 amide bonds. The van der Waals surface area contributed by atoms with E-state index in [0.29, 0.717) is 6.54 Å². The third-order valence-corrected chi connectivity index (χ3v) is 2.17. The van der Waals surface area contributed by atoms with E-state index in [1.807, 2.05) is 13.1 Å². The fraction of sp³-hybridized carbons (Fsp3) is 0.455. The average molecular weight is 206 g/mol. The highest BCUT2D eigenvalue weighted by molar-refractivity contribution is 5.34. The Morgan fingerprint density at radius 3 is 3.00 bits per heavy atom. The van der Waals surface area contributed by atoms with Gasteiger partial charge in [-0.3, -0.25) is 4.98 Å². The van der Waals surface area contributed by atoms with E-state index in [2.05, 4.69) is 21.4 Å². The van der Waals surface area contributed by atoms with Crippen molar-refractivity contribution in [3.05, 3.63) is 30.7 Å². The molecule has 0 saturated carbocycles. The third-order valence-electron chi connectivity index (χ3n) is 2.17. The first-order valence-electron chi connectivity index (χ1n) is 5.11. The maximum absolute atomic E-state index is 5.51. The zero-order valence-corrected chi connectivity index (χ0v) is 9.19. The molecule has 0 spiro atoms. The number of rotatable bonds is 6. The highest BCUT2D eigenvalue weighted by Gasteiger charge is 2.02. The molecule has 1 heterocycles. The van der Waals surface area contributed by atoms with Gasteiger partial charge in [0, 0.05) is 26.3 Å². The highest BCUT2D eigenvalue weighted by Crippen LogP contribution is 2.08. The van der Waals surface area contributed by atoms with Crippen LogP contribution in [0.2, 0.25) is 0 Å². The third kappa shape index (κ3) is 3.67. The first-order valence-corrected chi connectivity index (χ1v) is 5.11. The van der Waals surface area contributed by atoms with Crippen molar-refractivity contribution in [1.82, 2.24) is 9.97 Å². The summed E-state index contributed by atoms with van der Waals surface area (Å²) >= 11 is 0. The van der Waals surface area contributed by atoms with Gasteiger partial charge in [-0.25, -0.2) is 4.98 Å². The topological polar surface area (TPSA) is 55.0 Å². The maximum Gasteiger partial charge on any atom is 0.147 e. The second-order valence-electron chi connectivity index (χ2n) is 3.43. The van der Waals surface area contributed by atoms with Gasteiger partial charge in [-0.15, -0.1) is 6.58 Å². The van der Waals surface area contributed by atoms with Gasteiger partial charge in [0.1, 0.15) is 5.82 Å². The molecule has 0 saturated heterocycles. The van der Waals surface area contributed by atoms with Crippen molar-refractivity contribution in [2.45, 2.75) is 19.4 Å². The summed E-state index contributed by atoms with van der Waals surface area (Å²) in [5.41, 5.74) is 6.33. The quantitative estimate of drug-likeness (QED) is 0.563. The lowest BCUT2D eigenvalue weighted by molar-refractivity contribution is 0.784. The molecule has 1 aromatic rings. The molecule has 4 heteroatoms. The number of nitrogens with zero attached hydrogens (tertiary/aromatic N) is 3. The number of anilines is 1. The summed E-state index contributed by atoms with van der Waals surface area (Å²) in [6.45, 7) is 5.08. The van der Waals surface area contributed by atoms with Crippen LogP contribution in [0, 0.1) is 0 Å². The summed E-state index contributed by atoms with van der Waals surface area (Å²) in [5.74, 6) is 0.877. The van der Waals surface area contributed by atoms with Crippen LogP contribution in [0.4, 0.5) is 5.82 Å². The summed E-state index contributed by atoms with van der Waals surface area (Å²) in [6.07, 6.45) is 7.48. The van der Waals surface area contributed by atoms with Crippen molar-refractivity contribution in [3.63, 3.8) is 0 Å². The lowest BCUT2D eigenvalue weighted by Crippen LogP contribution is -2.20. The van der Waals surface area contributed by atoms with Gasteiger partial charge in [-0.05, 0) is 12.8 Å². The molecule has 0 aliphatic heterocycles. The molecule has 0 fully saturated rings. The van der Waals surface area contributed by atoms with Crippen LogP contribution in [0.5, 0.6) is 0 Å². The Balaban J connectivity index is 2.56. The fourth-order valence-electron chi connectivity index (χ4n) is 1.26. The van der Waals surface area contributed by atoms with Crippen molar-refractivity contribution in [2.24, 2.45) is 5.73 Å². The van der Waals surface area contributed by atoms with Crippen molar-refractivity contribution < 1.29 is 0 Å². The summed E-state index contributed by atoms with van der Waals surface area (Å²) < 4.78 is 0. The molecule has 0 aliphatic carbocycles. The van der Waals surface area contributed by atoms with Crippen molar-refractivity contribution in [1.29, 1.82) is 0 Å². The van der Waals surface area contributed by atoms with Crippen LogP contribution in [0.3, 0.4) is 0 Å². The standard InChI is InChI=1S/C11H18N4/c1-3-4-5-6-15(2)11-9-13-8-10(7-12)14-11/h3,8-9H,1,4-7,12H2,2H3. The molecule has 82 valence electrons. The van der Waals surface area contributed by atoms with Crippen molar-refractivity contribution >= 4 is 5.82 Å². The first kappa shape index (κ1) is 11.7. The summed E-state index contributed by atoms with van der Waals surface area (Å²) in [6, 6.07) is 0. The summed E-state index contributed by atoms with van der Waals surface area (Å²) in [4.78, 5) is 10.6. The van der Waals surface area contributed by atoms with Gasteiger partial charge in [0.2, 0.25) is 0 Å². The minimum atomic E-state index is 0.432. The highest BCUT2D eigenvalue weighted by atomic mass is 15.2. The monoisotopic (exact) mass is 206 g/mol. The molecule has 0 radical (unpaired) electrons. The Bertz CT molecular complexity index is 311. The van der Waals surface area contributed by atoms with Crippen LogP contribution in [0.25, 0.3) is 0 Å². The largest absolute Gasteiger partial charge is 0.358 e. The smallest absolute Gasteiger partial charge is 0.147 e. The fourth-order valence-corrected chi connectivity index (χ4v) is 1.26. The molecular formula is C11H18N4. The van der Waals surface area contributed by atoms with E-state index in [4.69, 9.17) is 5.73 Å². The number of unbranched alkanes of at least 4 members (excludes halogenated alkanes) is 1. The summed E-state index contributed by atoms with van der Waals surface area (Å²) in [7, 11) is 2.01. The predicted molar refractivity (Wildman–Crippen MR) is 62.6 cm³/mol. The summed E-state index contributed by atoms with van der Waals surface area (Å²) in [5, 5.41) is 0. The number of allylic oxidation sites excluding steroid dienone is 1. The van der Waals surface area contributed by atoms with Gasteiger partial charge < -0.3 is 10.6 Å². The molecule has 0 aromatic carbocycles. The van der Waals surface area contributed by atoms with Gasteiger partial charge in [0.25, 0.3) is 0 Å². The molecule has 2 N–H and O–H groups in total. The Morgan fingerprint density at radius 2 is 2.33 bits per heavy atom. The molecule has 0 aliphatic rings. The zero-order chi connectivity index (χ0) is 11.1. The van der Waals surface area contributed by atoms with Gasteiger partial charge in [0.15, 0.2) is 0 Å². The zero-order valence-electron chi connectivity index (χ0n) is 9.19. The lowest BCUT2D eigenvalue weighted by atomic mass is 10.3. The normalized spacial score (nSPS) is 10.0. The van der Waals surface area contributed by atoms with E-state index in [0.717, 1.165) is 30.9 Å². The van der Waals surface area contributed by atoms with Gasteiger partial charge in [-0.1, -0.05) is 6.08 Å². The second kappa shape index (κ2) is 6.14. The van der Waals surface area contributed by atoms with Crippen LogP contribution >= 0.6 is 0 Å². The molecule has 0 atom stereocenters. The first-order chi connectivity index (χ1) is 7.27. The van der Waals surface area contributed by atoms with Gasteiger partial charge in [0.05, 0.1) is 11.9 Å².